The second-order valence-corrected chi connectivity index (χ2v) is 8.95. The lowest BCUT2D eigenvalue weighted by molar-refractivity contribution is 0.0730. The third-order valence-electron chi connectivity index (χ3n) is 4.73. The molecule has 8 nitrogen and oxygen atoms in total. The van der Waals surface area contributed by atoms with Crippen molar-refractivity contribution >= 4 is 22.1 Å². The summed E-state index contributed by atoms with van der Waals surface area (Å²) in [6.07, 6.45) is 3.60. The molecule has 0 spiro atoms. The zero-order chi connectivity index (χ0) is 22.1. The van der Waals surface area contributed by atoms with Gasteiger partial charge in [-0.3, -0.25) is 4.79 Å². The molecule has 0 atom stereocenters. The number of nitrogens with one attached hydrogen (secondary N) is 1. The quantitative estimate of drug-likeness (QED) is 0.364. The fourth-order valence-electron chi connectivity index (χ4n) is 2.95. The molecule has 31 heavy (non-hydrogen) atoms. The van der Waals surface area contributed by atoms with Crippen LogP contribution < -0.4 is 10.2 Å². The normalized spacial score (nSPS) is 15.1. The molecule has 3 rings (SSSR count). The van der Waals surface area contributed by atoms with Crippen LogP contribution in [0.3, 0.4) is 0 Å². The molecule has 9 heteroatoms. The van der Waals surface area contributed by atoms with Gasteiger partial charge in [-0.2, -0.15) is 9.41 Å². The van der Waals surface area contributed by atoms with Crippen LogP contribution in [0.1, 0.15) is 35.7 Å². The Morgan fingerprint density at radius 2 is 1.94 bits per heavy atom. The van der Waals surface area contributed by atoms with Crippen molar-refractivity contribution in [1.82, 2.24) is 9.73 Å². The fraction of sp³-hybridized carbons (Fsp3) is 0.364. The molecule has 0 unspecified atom stereocenters. The maximum Gasteiger partial charge on any atom is 0.271 e. The lowest BCUT2D eigenvalue weighted by atomic mass is 10.2. The highest BCUT2D eigenvalue weighted by Crippen LogP contribution is 2.18. The summed E-state index contributed by atoms with van der Waals surface area (Å²) in [6.45, 7) is 4.10. The van der Waals surface area contributed by atoms with Gasteiger partial charge >= 0.3 is 0 Å². The summed E-state index contributed by atoms with van der Waals surface area (Å²) >= 11 is 0. The SMILES string of the molecule is CCCCOc1ccc(/C=N\NC(=O)c2cccc(S(=O)(=O)N3CCOCC3)c2)cc1. The minimum absolute atomic E-state index is 0.0738. The number of hydrazone groups is 1. The molecule has 0 saturated carbocycles. The van der Waals surface area contributed by atoms with Gasteiger partial charge in [0.25, 0.3) is 5.91 Å². The Morgan fingerprint density at radius 1 is 1.19 bits per heavy atom. The summed E-state index contributed by atoms with van der Waals surface area (Å²) < 4.78 is 37.7. The molecular weight excluding hydrogens is 418 g/mol. The van der Waals surface area contributed by atoms with Crippen LogP contribution in [0.2, 0.25) is 0 Å². The van der Waals surface area contributed by atoms with Gasteiger partial charge in [0.1, 0.15) is 5.75 Å². The molecule has 2 aromatic carbocycles. The molecule has 1 heterocycles. The molecule has 1 aliphatic rings. The number of ether oxygens (including phenoxy) is 2. The van der Waals surface area contributed by atoms with Crippen LogP contribution in [-0.4, -0.2) is 57.8 Å². The van der Waals surface area contributed by atoms with E-state index in [1.807, 2.05) is 24.3 Å². The molecule has 0 aliphatic carbocycles. The van der Waals surface area contributed by atoms with E-state index in [-0.39, 0.29) is 10.5 Å². The Bertz CT molecular complexity index is 1000. The summed E-state index contributed by atoms with van der Waals surface area (Å²) in [7, 11) is -3.67. The van der Waals surface area contributed by atoms with Crippen molar-refractivity contribution in [3.63, 3.8) is 0 Å². The van der Waals surface area contributed by atoms with Crippen LogP contribution in [0.15, 0.2) is 58.5 Å². The third-order valence-corrected chi connectivity index (χ3v) is 6.63. The molecule has 1 N–H and O–H groups in total. The Balaban J connectivity index is 1.60. The van der Waals surface area contributed by atoms with Crippen molar-refractivity contribution in [3.8, 4) is 5.75 Å². The number of carbonyl (C=O) groups is 1. The van der Waals surface area contributed by atoms with E-state index in [1.165, 1.54) is 22.7 Å². The van der Waals surface area contributed by atoms with Crippen molar-refractivity contribution in [2.24, 2.45) is 5.10 Å². The van der Waals surface area contributed by atoms with E-state index in [9.17, 15) is 13.2 Å². The molecule has 2 aromatic rings. The molecule has 0 bridgehead atoms. The first-order valence-corrected chi connectivity index (χ1v) is 11.7. The van der Waals surface area contributed by atoms with E-state index in [4.69, 9.17) is 9.47 Å². The average molecular weight is 446 g/mol. The molecular formula is C22H27N3O5S. The van der Waals surface area contributed by atoms with Gasteiger partial charge in [-0.15, -0.1) is 0 Å². The highest BCUT2D eigenvalue weighted by molar-refractivity contribution is 7.89. The van der Waals surface area contributed by atoms with Gasteiger partial charge < -0.3 is 9.47 Å². The largest absolute Gasteiger partial charge is 0.494 e. The van der Waals surface area contributed by atoms with E-state index in [0.29, 0.717) is 32.9 Å². The summed E-state index contributed by atoms with van der Waals surface area (Å²) in [5.74, 6) is 0.294. The average Bonchev–Trinajstić information content (AvgIpc) is 2.81. The molecule has 1 amide bonds. The van der Waals surface area contributed by atoms with Gasteiger partial charge in [0.2, 0.25) is 10.0 Å². The van der Waals surface area contributed by atoms with Crippen LogP contribution in [-0.2, 0) is 14.8 Å². The first-order valence-electron chi connectivity index (χ1n) is 10.2. The number of sulfonamides is 1. The van der Waals surface area contributed by atoms with Gasteiger partial charge in [-0.1, -0.05) is 19.4 Å². The smallest absolute Gasteiger partial charge is 0.271 e. The zero-order valence-corrected chi connectivity index (χ0v) is 18.3. The summed E-state index contributed by atoms with van der Waals surface area (Å²) in [4.78, 5) is 12.5. The van der Waals surface area contributed by atoms with Crippen LogP contribution >= 0.6 is 0 Å². The lowest BCUT2D eigenvalue weighted by Crippen LogP contribution is -2.40. The van der Waals surface area contributed by atoms with E-state index >= 15 is 0 Å². The zero-order valence-electron chi connectivity index (χ0n) is 17.5. The molecule has 166 valence electrons. The van der Waals surface area contributed by atoms with Gasteiger partial charge in [-0.25, -0.2) is 13.8 Å². The Kier molecular flexibility index (Phi) is 8.16. The molecule has 1 saturated heterocycles. The van der Waals surface area contributed by atoms with E-state index < -0.39 is 15.9 Å². The van der Waals surface area contributed by atoms with Crippen LogP contribution in [0.25, 0.3) is 0 Å². The molecule has 1 aliphatic heterocycles. The van der Waals surface area contributed by atoms with Crippen molar-refractivity contribution in [2.75, 3.05) is 32.9 Å². The van der Waals surface area contributed by atoms with Crippen molar-refractivity contribution in [3.05, 3.63) is 59.7 Å². The van der Waals surface area contributed by atoms with Crippen LogP contribution in [0, 0.1) is 0 Å². The lowest BCUT2D eigenvalue weighted by Gasteiger charge is -2.26. The molecule has 0 aromatic heterocycles. The minimum atomic E-state index is -3.67. The van der Waals surface area contributed by atoms with Crippen molar-refractivity contribution < 1.29 is 22.7 Å². The first kappa shape index (κ1) is 22.9. The first-order chi connectivity index (χ1) is 15.0. The number of unbranched alkanes of at least 4 members (excludes halogenated alkanes) is 1. The predicted octanol–water partition coefficient (Wildman–Crippen LogP) is 2.65. The number of hydrogen-bond acceptors (Lipinski definition) is 6. The van der Waals surface area contributed by atoms with Crippen LogP contribution in [0.5, 0.6) is 5.75 Å². The van der Waals surface area contributed by atoms with Gasteiger partial charge in [-0.05, 0) is 54.4 Å². The summed E-state index contributed by atoms with van der Waals surface area (Å²) in [5, 5.41) is 3.96. The highest BCUT2D eigenvalue weighted by Gasteiger charge is 2.26. The van der Waals surface area contributed by atoms with Gasteiger partial charge in [0.05, 0.1) is 30.9 Å². The monoisotopic (exact) mass is 445 g/mol. The Morgan fingerprint density at radius 3 is 2.65 bits per heavy atom. The van der Waals surface area contributed by atoms with E-state index in [0.717, 1.165) is 24.2 Å². The van der Waals surface area contributed by atoms with Crippen LogP contribution in [0.4, 0.5) is 0 Å². The fourth-order valence-corrected chi connectivity index (χ4v) is 4.40. The van der Waals surface area contributed by atoms with Crippen molar-refractivity contribution in [2.45, 2.75) is 24.7 Å². The standard InChI is InChI=1S/C22H27N3O5S/c1-2-3-13-30-20-9-7-18(8-10-20)17-23-24-22(26)19-5-4-6-21(16-19)31(27,28)25-11-14-29-15-12-25/h4-10,16-17H,2-3,11-15H2,1H3,(H,24,26)/b23-17-. The minimum Gasteiger partial charge on any atom is -0.494 e. The topological polar surface area (TPSA) is 97.3 Å². The molecule has 0 radical (unpaired) electrons. The number of rotatable bonds is 9. The maximum absolute atomic E-state index is 12.8. The van der Waals surface area contributed by atoms with Crippen molar-refractivity contribution in [1.29, 1.82) is 0 Å². The van der Waals surface area contributed by atoms with Gasteiger partial charge in [0, 0.05) is 18.7 Å². The number of nitrogens with zero attached hydrogens (tertiary/aromatic N) is 2. The van der Waals surface area contributed by atoms with Gasteiger partial charge in [0.15, 0.2) is 0 Å². The number of carbonyl (C=O) groups excluding carboxylic acids is 1. The highest BCUT2D eigenvalue weighted by atomic mass is 32.2. The predicted molar refractivity (Wildman–Crippen MR) is 118 cm³/mol. The van der Waals surface area contributed by atoms with E-state index in [1.54, 1.807) is 12.1 Å². The second-order valence-electron chi connectivity index (χ2n) is 7.01. The Labute approximate surface area is 182 Å². The maximum atomic E-state index is 12.8. The summed E-state index contributed by atoms with van der Waals surface area (Å²) in [5.41, 5.74) is 3.44. The molecule has 1 fully saturated rings. The summed E-state index contributed by atoms with van der Waals surface area (Å²) in [6, 6.07) is 13.3. The number of morpholine rings is 1. The number of amides is 1. The third kappa shape index (κ3) is 6.36. The number of benzene rings is 2. The second kappa shape index (κ2) is 11.0. The Hall–Kier alpha value is -2.75. The number of hydrogen-bond donors (Lipinski definition) is 1. The van der Waals surface area contributed by atoms with E-state index in [2.05, 4.69) is 17.5 Å².